The number of amides is 2. The van der Waals surface area contributed by atoms with E-state index >= 15 is 0 Å². The Hall–Kier alpha value is -3.61. The van der Waals surface area contributed by atoms with Crippen LogP contribution >= 0.6 is 0 Å². The number of carboxylic acid groups (broad SMARTS) is 1. The van der Waals surface area contributed by atoms with E-state index in [-0.39, 0.29) is 18.4 Å². The molecule has 0 spiro atoms. The smallest absolute Gasteiger partial charge is 0.407 e. The minimum Gasteiger partial charge on any atom is -0.481 e. The number of carboxylic acids is 1. The van der Waals surface area contributed by atoms with Gasteiger partial charge < -0.3 is 20.1 Å². The van der Waals surface area contributed by atoms with Gasteiger partial charge in [-0.05, 0) is 52.3 Å². The van der Waals surface area contributed by atoms with E-state index < -0.39 is 24.5 Å². The predicted molar refractivity (Wildman–Crippen MR) is 129 cm³/mol. The first-order valence-electron chi connectivity index (χ1n) is 12.3. The van der Waals surface area contributed by atoms with E-state index in [9.17, 15) is 19.5 Å². The summed E-state index contributed by atoms with van der Waals surface area (Å²) in [5, 5.41) is 11.9. The van der Waals surface area contributed by atoms with Gasteiger partial charge in [0.15, 0.2) is 0 Å². The third kappa shape index (κ3) is 3.79. The van der Waals surface area contributed by atoms with E-state index in [1.807, 2.05) is 36.4 Å². The molecule has 5 atom stereocenters. The zero-order valence-electron chi connectivity index (χ0n) is 19.3. The van der Waals surface area contributed by atoms with E-state index in [0.29, 0.717) is 36.8 Å². The Morgan fingerprint density at radius 1 is 0.943 bits per heavy atom. The van der Waals surface area contributed by atoms with Gasteiger partial charge in [-0.2, -0.15) is 0 Å². The quantitative estimate of drug-likeness (QED) is 0.626. The zero-order chi connectivity index (χ0) is 24.1. The highest BCUT2D eigenvalue weighted by atomic mass is 16.5. The molecule has 2 aromatic carbocycles. The maximum absolute atomic E-state index is 13.2. The maximum atomic E-state index is 13.2. The van der Waals surface area contributed by atoms with Crippen LogP contribution in [0.15, 0.2) is 60.7 Å². The third-order valence-electron chi connectivity index (χ3n) is 8.29. The summed E-state index contributed by atoms with van der Waals surface area (Å²) in [4.78, 5) is 39.2. The molecule has 3 aliphatic carbocycles. The van der Waals surface area contributed by atoms with Crippen LogP contribution in [0, 0.1) is 23.7 Å². The number of hydrogen-bond acceptors (Lipinski definition) is 4. The minimum atomic E-state index is -1.15. The number of nitrogens with zero attached hydrogens (tertiary/aromatic N) is 1. The Labute approximate surface area is 203 Å². The molecule has 180 valence electrons. The number of carbonyl (C=O) groups excluding carboxylic acids is 2. The Bertz CT molecular complexity index is 1160. The highest BCUT2D eigenvalue weighted by molar-refractivity contribution is 5.89. The lowest BCUT2D eigenvalue weighted by molar-refractivity contribution is -0.142. The number of allylic oxidation sites excluding steroid dienone is 2. The average molecular weight is 473 g/mol. The zero-order valence-corrected chi connectivity index (χ0v) is 19.3. The summed E-state index contributed by atoms with van der Waals surface area (Å²) in [5.41, 5.74) is 4.43. The van der Waals surface area contributed by atoms with Gasteiger partial charge in [0, 0.05) is 19.0 Å². The fraction of sp³-hybridized carbons (Fsp3) is 0.393. The minimum absolute atomic E-state index is 0.108. The van der Waals surface area contributed by atoms with Crippen molar-refractivity contribution in [1.29, 1.82) is 0 Å². The number of rotatable bonds is 6. The Morgan fingerprint density at radius 3 is 2.09 bits per heavy atom. The van der Waals surface area contributed by atoms with Gasteiger partial charge in [-0.25, -0.2) is 4.79 Å². The number of benzene rings is 2. The van der Waals surface area contributed by atoms with Crippen LogP contribution in [0.5, 0.6) is 0 Å². The topological polar surface area (TPSA) is 95.9 Å². The molecule has 3 unspecified atom stereocenters. The van der Waals surface area contributed by atoms with E-state index in [2.05, 4.69) is 29.6 Å². The molecule has 2 N–H and O–H groups in total. The number of nitrogens with one attached hydrogen (secondary N) is 1. The third-order valence-corrected chi connectivity index (χ3v) is 8.29. The fourth-order valence-corrected chi connectivity index (χ4v) is 6.71. The number of likely N-dealkylation sites (tertiary alicyclic amines) is 1. The molecule has 0 aromatic heterocycles. The summed E-state index contributed by atoms with van der Waals surface area (Å²) >= 11 is 0. The molecule has 7 nitrogen and oxygen atoms in total. The molecular formula is C28H28N2O5. The lowest BCUT2D eigenvalue weighted by atomic mass is 9.86. The second kappa shape index (κ2) is 8.56. The first kappa shape index (κ1) is 21.9. The second-order valence-corrected chi connectivity index (χ2v) is 10.1. The van der Waals surface area contributed by atoms with Crippen LogP contribution in [0.4, 0.5) is 4.79 Å². The van der Waals surface area contributed by atoms with Crippen LogP contribution in [0.2, 0.25) is 0 Å². The van der Waals surface area contributed by atoms with Crippen molar-refractivity contribution in [3.8, 4) is 11.1 Å². The van der Waals surface area contributed by atoms with Gasteiger partial charge in [-0.15, -0.1) is 0 Å². The molecule has 7 heteroatoms. The molecule has 1 aliphatic heterocycles. The van der Waals surface area contributed by atoms with Gasteiger partial charge in [0.25, 0.3) is 0 Å². The highest BCUT2D eigenvalue weighted by Gasteiger charge is 2.50. The van der Waals surface area contributed by atoms with Crippen LogP contribution < -0.4 is 5.32 Å². The monoisotopic (exact) mass is 472 g/mol. The molecule has 2 amide bonds. The van der Waals surface area contributed by atoms with Crippen molar-refractivity contribution in [2.45, 2.75) is 24.8 Å². The van der Waals surface area contributed by atoms with Crippen molar-refractivity contribution in [3.05, 3.63) is 71.8 Å². The van der Waals surface area contributed by atoms with E-state index in [1.54, 1.807) is 4.90 Å². The van der Waals surface area contributed by atoms with Crippen LogP contribution in [0.1, 0.15) is 29.9 Å². The highest BCUT2D eigenvalue weighted by Crippen LogP contribution is 2.51. The van der Waals surface area contributed by atoms with Crippen LogP contribution in [0.25, 0.3) is 11.1 Å². The molecule has 6 rings (SSSR count). The van der Waals surface area contributed by atoms with Crippen molar-refractivity contribution in [2.24, 2.45) is 23.7 Å². The molecule has 2 bridgehead atoms. The van der Waals surface area contributed by atoms with Gasteiger partial charge in [0.2, 0.25) is 5.91 Å². The van der Waals surface area contributed by atoms with Gasteiger partial charge in [-0.3, -0.25) is 9.59 Å². The van der Waals surface area contributed by atoms with Crippen molar-refractivity contribution >= 4 is 18.0 Å². The SMILES string of the molecule is O=C(O)CC(NC(=O)OCC1c2ccccc2-c2ccccc21)C(=O)N1C[C@@H]2C3C=CC(C3)[C@@H]2C1. The first-order chi connectivity index (χ1) is 17.0. The van der Waals surface area contributed by atoms with Gasteiger partial charge in [-0.1, -0.05) is 60.7 Å². The summed E-state index contributed by atoms with van der Waals surface area (Å²) in [6.07, 6.45) is 4.42. The first-order valence-corrected chi connectivity index (χ1v) is 12.3. The lowest BCUT2D eigenvalue weighted by Crippen LogP contribution is -2.49. The van der Waals surface area contributed by atoms with Crippen molar-refractivity contribution in [1.82, 2.24) is 10.2 Å². The second-order valence-electron chi connectivity index (χ2n) is 10.1. The van der Waals surface area contributed by atoms with Gasteiger partial charge in [0.05, 0.1) is 6.42 Å². The number of aliphatic carboxylic acids is 1. The standard InChI is InChI=1S/C28H28N2O5/c31-26(32)12-25(27(33)30-13-22-16-9-10-17(11-16)23(22)14-30)29-28(34)35-15-24-20-7-3-1-5-18(20)19-6-2-4-8-21(19)24/h1-10,16-17,22-25H,11-15H2,(H,29,34)(H,31,32)/t16?,17?,22-,23+,25?. The molecule has 1 saturated heterocycles. The summed E-state index contributed by atoms with van der Waals surface area (Å²) in [6.45, 7) is 1.35. The van der Waals surface area contributed by atoms with E-state index in [0.717, 1.165) is 28.7 Å². The molecule has 1 saturated carbocycles. The number of carbonyl (C=O) groups is 3. The summed E-state index contributed by atoms with van der Waals surface area (Å²) < 4.78 is 5.56. The number of fused-ring (bicyclic) bond motifs is 8. The van der Waals surface area contributed by atoms with Crippen molar-refractivity contribution in [2.75, 3.05) is 19.7 Å². The van der Waals surface area contributed by atoms with E-state index in [1.165, 1.54) is 0 Å². The summed E-state index contributed by atoms with van der Waals surface area (Å²) in [7, 11) is 0. The molecular weight excluding hydrogens is 444 g/mol. The predicted octanol–water partition coefficient (Wildman–Crippen LogP) is 3.65. The molecule has 0 radical (unpaired) electrons. The number of alkyl carbamates (subject to hydrolysis) is 1. The average Bonchev–Trinajstić information content (AvgIpc) is 3.62. The maximum Gasteiger partial charge on any atom is 0.407 e. The van der Waals surface area contributed by atoms with Crippen molar-refractivity contribution in [3.63, 3.8) is 0 Å². The molecule has 4 aliphatic rings. The van der Waals surface area contributed by atoms with Crippen LogP contribution in [-0.4, -0.2) is 53.7 Å². The van der Waals surface area contributed by atoms with Crippen LogP contribution in [-0.2, 0) is 14.3 Å². The molecule has 35 heavy (non-hydrogen) atoms. The molecule has 2 aromatic rings. The number of ether oxygens (including phenoxy) is 1. The Kier molecular flexibility index (Phi) is 5.35. The van der Waals surface area contributed by atoms with Crippen LogP contribution in [0.3, 0.4) is 0 Å². The number of hydrogen-bond donors (Lipinski definition) is 2. The fourth-order valence-electron chi connectivity index (χ4n) is 6.71. The van der Waals surface area contributed by atoms with Gasteiger partial charge in [0.1, 0.15) is 12.6 Å². The summed E-state index contributed by atoms with van der Waals surface area (Å²) in [6, 6.07) is 14.9. The van der Waals surface area contributed by atoms with E-state index in [4.69, 9.17) is 4.74 Å². The summed E-state index contributed by atoms with van der Waals surface area (Å²) in [5.74, 6) is 0.315. The Balaban J connectivity index is 1.12. The molecule has 1 heterocycles. The Morgan fingerprint density at radius 2 is 1.51 bits per heavy atom. The lowest BCUT2D eigenvalue weighted by Gasteiger charge is -2.25. The molecule has 2 fully saturated rings. The normalized spacial score (nSPS) is 26.2. The van der Waals surface area contributed by atoms with Gasteiger partial charge >= 0.3 is 12.1 Å². The van der Waals surface area contributed by atoms with Crippen molar-refractivity contribution < 1.29 is 24.2 Å². The largest absolute Gasteiger partial charge is 0.481 e.